The summed E-state index contributed by atoms with van der Waals surface area (Å²) in [5.41, 5.74) is -0.890. The standard InChI is InChI=1S/C14H11BF5O.K/c1-9-5-6-14(11(7-9)15(18,19)20)21-8-10-12(16)3-2-4-13(10)17;/h2-7H,8H2,1H3;/q-1;+1. The fourth-order valence-electron chi connectivity index (χ4n) is 1.88. The van der Waals surface area contributed by atoms with Crippen molar-refractivity contribution < 1.29 is 77.8 Å². The molecule has 0 saturated heterocycles. The number of hydrogen-bond acceptors (Lipinski definition) is 1. The van der Waals surface area contributed by atoms with E-state index in [-0.39, 0.29) is 51.4 Å². The van der Waals surface area contributed by atoms with E-state index < -0.39 is 42.0 Å². The molecule has 0 unspecified atom stereocenters. The van der Waals surface area contributed by atoms with E-state index in [1.165, 1.54) is 19.1 Å². The summed E-state index contributed by atoms with van der Waals surface area (Å²) in [4.78, 5) is 0. The fraction of sp³-hybridized carbons (Fsp3) is 0.143. The quantitative estimate of drug-likeness (QED) is 0.594. The molecular formula is C14H11BF5KO. The molecule has 0 fully saturated rings. The van der Waals surface area contributed by atoms with Crippen LogP contribution >= 0.6 is 0 Å². The zero-order valence-electron chi connectivity index (χ0n) is 12.0. The first kappa shape index (κ1) is 19.6. The first-order valence-electron chi connectivity index (χ1n) is 6.15. The average molecular weight is 340 g/mol. The maximum Gasteiger partial charge on any atom is 1.00 e. The normalized spacial score (nSPS) is 11.0. The molecule has 0 radical (unpaired) electrons. The van der Waals surface area contributed by atoms with E-state index in [0.717, 1.165) is 24.3 Å². The Morgan fingerprint density at radius 1 is 1.00 bits per heavy atom. The second-order valence-corrected chi connectivity index (χ2v) is 4.60. The van der Waals surface area contributed by atoms with Crippen LogP contribution in [-0.4, -0.2) is 6.98 Å². The van der Waals surface area contributed by atoms with Crippen LogP contribution in [0.2, 0.25) is 0 Å². The molecule has 0 spiro atoms. The number of aryl methyl sites for hydroxylation is 1. The Bertz CT molecular complexity index is 640. The Hall–Kier alpha value is -0.409. The van der Waals surface area contributed by atoms with Gasteiger partial charge >= 0.3 is 58.4 Å². The van der Waals surface area contributed by atoms with Crippen molar-refractivity contribution in [3.8, 4) is 5.75 Å². The molecule has 0 aliphatic carbocycles. The molecule has 22 heavy (non-hydrogen) atoms. The summed E-state index contributed by atoms with van der Waals surface area (Å²) in [5, 5.41) is 0. The third-order valence-corrected chi connectivity index (χ3v) is 2.95. The summed E-state index contributed by atoms with van der Waals surface area (Å²) in [5.74, 6) is -2.15. The monoisotopic (exact) mass is 340 g/mol. The molecule has 0 bridgehead atoms. The molecule has 0 aliphatic rings. The Morgan fingerprint density at radius 2 is 1.59 bits per heavy atom. The van der Waals surface area contributed by atoms with Gasteiger partial charge in [0, 0.05) is 0 Å². The Morgan fingerprint density at radius 3 is 2.14 bits per heavy atom. The van der Waals surface area contributed by atoms with Crippen molar-refractivity contribution >= 4 is 12.4 Å². The van der Waals surface area contributed by atoms with Gasteiger partial charge in [0.1, 0.15) is 18.2 Å². The predicted molar refractivity (Wildman–Crippen MR) is 70.6 cm³/mol. The van der Waals surface area contributed by atoms with E-state index in [1.54, 1.807) is 0 Å². The van der Waals surface area contributed by atoms with Gasteiger partial charge in [0.15, 0.2) is 0 Å². The summed E-state index contributed by atoms with van der Waals surface area (Å²) >= 11 is 0. The van der Waals surface area contributed by atoms with Crippen molar-refractivity contribution in [1.82, 2.24) is 0 Å². The third-order valence-electron chi connectivity index (χ3n) is 2.95. The van der Waals surface area contributed by atoms with Gasteiger partial charge < -0.3 is 17.7 Å². The van der Waals surface area contributed by atoms with Gasteiger partial charge in [-0.3, -0.25) is 0 Å². The van der Waals surface area contributed by atoms with Gasteiger partial charge in [-0.1, -0.05) is 29.2 Å². The minimum atomic E-state index is -5.27. The van der Waals surface area contributed by atoms with Crippen LogP contribution in [0.25, 0.3) is 0 Å². The van der Waals surface area contributed by atoms with Gasteiger partial charge in [0.25, 0.3) is 0 Å². The maximum atomic E-state index is 13.4. The maximum absolute atomic E-state index is 13.4. The molecule has 0 aliphatic heterocycles. The van der Waals surface area contributed by atoms with Crippen LogP contribution in [0, 0.1) is 18.6 Å². The van der Waals surface area contributed by atoms with Crippen LogP contribution in [0.3, 0.4) is 0 Å². The number of hydrogen-bond donors (Lipinski definition) is 0. The number of ether oxygens (including phenoxy) is 1. The van der Waals surface area contributed by atoms with Gasteiger partial charge in [-0.25, -0.2) is 8.78 Å². The largest absolute Gasteiger partial charge is 1.00 e. The topological polar surface area (TPSA) is 9.23 Å². The second kappa shape index (κ2) is 7.92. The van der Waals surface area contributed by atoms with Crippen molar-refractivity contribution in [2.45, 2.75) is 13.5 Å². The van der Waals surface area contributed by atoms with E-state index in [4.69, 9.17) is 4.74 Å². The zero-order chi connectivity index (χ0) is 15.6. The van der Waals surface area contributed by atoms with Crippen LogP contribution in [-0.2, 0) is 6.61 Å². The smallest absolute Gasteiger partial charge is 0.492 e. The van der Waals surface area contributed by atoms with Gasteiger partial charge in [0.2, 0.25) is 0 Å². The number of benzene rings is 2. The van der Waals surface area contributed by atoms with Crippen LogP contribution in [0.15, 0.2) is 36.4 Å². The van der Waals surface area contributed by atoms with Gasteiger partial charge in [-0.05, 0) is 25.1 Å². The Kier molecular flexibility index (Phi) is 7.07. The van der Waals surface area contributed by atoms with E-state index >= 15 is 0 Å². The minimum absolute atomic E-state index is 0. The van der Waals surface area contributed by atoms with Crippen molar-refractivity contribution in [3.05, 3.63) is 59.2 Å². The molecule has 0 N–H and O–H groups in total. The summed E-state index contributed by atoms with van der Waals surface area (Å²) in [6.07, 6.45) is 0. The molecular weight excluding hydrogens is 329 g/mol. The molecule has 0 amide bonds. The van der Waals surface area contributed by atoms with Gasteiger partial charge in [-0.2, -0.15) is 0 Å². The zero-order valence-corrected chi connectivity index (χ0v) is 15.2. The van der Waals surface area contributed by atoms with Crippen LogP contribution in [0.4, 0.5) is 21.7 Å². The van der Waals surface area contributed by atoms with Crippen molar-refractivity contribution in [3.63, 3.8) is 0 Å². The molecule has 0 heterocycles. The molecule has 112 valence electrons. The molecule has 0 atom stereocenters. The molecule has 8 heteroatoms. The van der Waals surface area contributed by atoms with E-state index in [2.05, 4.69) is 0 Å². The summed E-state index contributed by atoms with van der Waals surface area (Å²) < 4.78 is 70.7. The molecule has 1 nitrogen and oxygen atoms in total. The van der Waals surface area contributed by atoms with Gasteiger partial charge in [0.05, 0.1) is 11.3 Å². The van der Waals surface area contributed by atoms with Crippen LogP contribution < -0.4 is 61.6 Å². The van der Waals surface area contributed by atoms with E-state index in [1.807, 2.05) is 0 Å². The van der Waals surface area contributed by atoms with E-state index in [0.29, 0.717) is 5.56 Å². The fourth-order valence-corrected chi connectivity index (χ4v) is 1.88. The molecule has 0 saturated carbocycles. The molecule has 2 aromatic carbocycles. The summed E-state index contributed by atoms with van der Waals surface area (Å²) in [7, 11) is 0. The van der Waals surface area contributed by atoms with Crippen molar-refractivity contribution in [2.75, 3.05) is 0 Å². The van der Waals surface area contributed by atoms with Crippen LogP contribution in [0.1, 0.15) is 11.1 Å². The number of rotatable bonds is 4. The minimum Gasteiger partial charge on any atom is -0.492 e. The van der Waals surface area contributed by atoms with Crippen LogP contribution in [0.5, 0.6) is 5.75 Å². The molecule has 2 rings (SSSR count). The Labute approximate surface area is 167 Å². The van der Waals surface area contributed by atoms with Gasteiger partial charge in [-0.15, -0.1) is 0 Å². The second-order valence-electron chi connectivity index (χ2n) is 4.60. The average Bonchev–Trinajstić information content (AvgIpc) is 2.38. The predicted octanol–water partition coefficient (Wildman–Crippen LogP) is 0.911. The SMILES string of the molecule is Cc1ccc(OCc2c(F)cccc2F)c([B-](F)(F)F)c1.[K+]. The molecule has 2 aromatic rings. The Balaban J connectivity index is 0.00000242. The van der Waals surface area contributed by atoms with Crippen molar-refractivity contribution in [2.24, 2.45) is 0 Å². The summed E-state index contributed by atoms with van der Waals surface area (Å²) in [6, 6.07) is 6.76. The first-order chi connectivity index (χ1) is 9.79. The van der Waals surface area contributed by atoms with Crippen molar-refractivity contribution in [1.29, 1.82) is 0 Å². The van der Waals surface area contributed by atoms with E-state index in [9.17, 15) is 21.7 Å². The molecule has 0 aromatic heterocycles. The number of halogens is 5. The third kappa shape index (κ3) is 4.79. The first-order valence-corrected chi connectivity index (χ1v) is 6.15. The summed E-state index contributed by atoms with van der Waals surface area (Å²) in [6.45, 7) is -4.36.